The Morgan fingerprint density at radius 2 is 2.00 bits per heavy atom. The van der Waals surface area contributed by atoms with E-state index in [1.807, 2.05) is 0 Å². The third-order valence-corrected chi connectivity index (χ3v) is 3.19. The minimum Gasteiger partial charge on any atom is -0.387 e. The molecule has 0 aromatic heterocycles. The van der Waals surface area contributed by atoms with Crippen molar-refractivity contribution < 1.29 is 29.3 Å². The first-order chi connectivity index (χ1) is 9.93. The van der Waals surface area contributed by atoms with Crippen molar-refractivity contribution in [3.8, 4) is 0 Å². The molecule has 1 aliphatic heterocycles. The standard InChI is InChI=1S/C13H17NO7/c1-9(15)13(16,21-8-12-19-6-7-20-12)10-2-4-11(5-3-10)14(17)18/h2-5,9,12,15-16H,6-8H2,1H3. The first kappa shape index (κ1) is 15.8. The van der Waals surface area contributed by atoms with Crippen LogP contribution in [0.3, 0.4) is 0 Å². The molecule has 0 radical (unpaired) electrons. The molecule has 2 unspecified atom stereocenters. The maximum absolute atomic E-state index is 10.6. The second-order valence-electron chi connectivity index (χ2n) is 4.66. The number of nitro benzene ring substituents is 1. The first-order valence-corrected chi connectivity index (χ1v) is 6.46. The van der Waals surface area contributed by atoms with Crippen LogP contribution in [0.4, 0.5) is 5.69 Å². The van der Waals surface area contributed by atoms with Gasteiger partial charge < -0.3 is 24.4 Å². The van der Waals surface area contributed by atoms with Gasteiger partial charge in [0, 0.05) is 17.7 Å². The average Bonchev–Trinajstić information content (AvgIpc) is 2.98. The Morgan fingerprint density at radius 1 is 1.43 bits per heavy atom. The van der Waals surface area contributed by atoms with Gasteiger partial charge in [-0.05, 0) is 19.1 Å². The van der Waals surface area contributed by atoms with Crippen molar-refractivity contribution in [2.24, 2.45) is 0 Å². The molecule has 0 bridgehead atoms. The van der Waals surface area contributed by atoms with E-state index in [4.69, 9.17) is 14.2 Å². The van der Waals surface area contributed by atoms with Crippen LogP contribution in [0.2, 0.25) is 0 Å². The summed E-state index contributed by atoms with van der Waals surface area (Å²) >= 11 is 0. The minimum atomic E-state index is -2.00. The monoisotopic (exact) mass is 299 g/mol. The molecule has 116 valence electrons. The third kappa shape index (κ3) is 3.55. The highest BCUT2D eigenvalue weighted by Crippen LogP contribution is 2.29. The predicted octanol–water partition coefficient (Wildman–Crippen LogP) is 0.510. The molecule has 8 heteroatoms. The molecule has 0 saturated carbocycles. The molecular weight excluding hydrogens is 282 g/mol. The SMILES string of the molecule is CC(O)C(O)(OCC1OCCO1)c1ccc([N+](=O)[O-])cc1. The Morgan fingerprint density at radius 3 is 2.48 bits per heavy atom. The van der Waals surface area contributed by atoms with E-state index >= 15 is 0 Å². The number of aliphatic hydroxyl groups is 2. The highest BCUT2D eigenvalue weighted by atomic mass is 16.7. The van der Waals surface area contributed by atoms with Crippen LogP contribution < -0.4 is 0 Å². The van der Waals surface area contributed by atoms with E-state index < -0.39 is 23.1 Å². The third-order valence-electron chi connectivity index (χ3n) is 3.19. The number of nitro groups is 1. The fourth-order valence-electron chi connectivity index (χ4n) is 1.97. The Kier molecular flexibility index (Phi) is 4.86. The van der Waals surface area contributed by atoms with E-state index in [1.54, 1.807) is 0 Å². The van der Waals surface area contributed by atoms with Crippen molar-refractivity contribution in [2.45, 2.75) is 25.1 Å². The normalized spacial score (nSPS) is 20.1. The molecule has 1 aromatic rings. The highest BCUT2D eigenvalue weighted by molar-refractivity contribution is 5.35. The molecule has 0 aliphatic carbocycles. The summed E-state index contributed by atoms with van der Waals surface area (Å²) in [5.74, 6) is -2.00. The number of non-ortho nitro benzene ring substituents is 1. The lowest BCUT2D eigenvalue weighted by molar-refractivity contribution is -0.384. The zero-order valence-corrected chi connectivity index (χ0v) is 11.5. The summed E-state index contributed by atoms with van der Waals surface area (Å²) in [6, 6.07) is 5.13. The number of hydrogen-bond acceptors (Lipinski definition) is 7. The lowest BCUT2D eigenvalue weighted by Gasteiger charge is -2.32. The Balaban J connectivity index is 2.13. The van der Waals surface area contributed by atoms with Crippen molar-refractivity contribution in [1.82, 2.24) is 0 Å². The van der Waals surface area contributed by atoms with Crippen molar-refractivity contribution in [1.29, 1.82) is 0 Å². The van der Waals surface area contributed by atoms with Gasteiger partial charge in [-0.15, -0.1) is 0 Å². The second-order valence-corrected chi connectivity index (χ2v) is 4.66. The largest absolute Gasteiger partial charge is 0.387 e. The van der Waals surface area contributed by atoms with Crippen molar-refractivity contribution in [3.05, 3.63) is 39.9 Å². The van der Waals surface area contributed by atoms with Gasteiger partial charge >= 0.3 is 0 Å². The van der Waals surface area contributed by atoms with Crippen LogP contribution in [-0.4, -0.2) is 47.4 Å². The van der Waals surface area contributed by atoms with Crippen molar-refractivity contribution >= 4 is 5.69 Å². The summed E-state index contributed by atoms with van der Waals surface area (Å²) < 4.78 is 15.7. The topological polar surface area (TPSA) is 111 Å². The van der Waals surface area contributed by atoms with Crippen LogP contribution >= 0.6 is 0 Å². The van der Waals surface area contributed by atoms with E-state index in [2.05, 4.69) is 0 Å². The number of benzene rings is 1. The molecule has 1 saturated heterocycles. The summed E-state index contributed by atoms with van der Waals surface area (Å²) in [6.45, 7) is 2.17. The molecule has 1 aromatic carbocycles. The zero-order valence-electron chi connectivity index (χ0n) is 11.5. The Bertz CT molecular complexity index is 484. The smallest absolute Gasteiger partial charge is 0.269 e. The number of rotatable bonds is 6. The molecule has 2 N–H and O–H groups in total. The summed E-state index contributed by atoms with van der Waals surface area (Å²) in [6.07, 6.45) is -1.85. The number of aliphatic hydroxyl groups excluding tert-OH is 1. The molecule has 1 fully saturated rings. The van der Waals surface area contributed by atoms with Crippen molar-refractivity contribution in [2.75, 3.05) is 19.8 Å². The van der Waals surface area contributed by atoms with E-state index in [0.29, 0.717) is 13.2 Å². The Hall–Kier alpha value is -1.58. The van der Waals surface area contributed by atoms with E-state index in [1.165, 1.54) is 31.2 Å². The predicted molar refractivity (Wildman–Crippen MR) is 70.3 cm³/mol. The van der Waals surface area contributed by atoms with Gasteiger partial charge in [-0.3, -0.25) is 10.1 Å². The van der Waals surface area contributed by atoms with Crippen LogP contribution in [0.15, 0.2) is 24.3 Å². The number of ether oxygens (including phenoxy) is 3. The summed E-state index contributed by atoms with van der Waals surface area (Å²) in [5.41, 5.74) is 0.0928. The van der Waals surface area contributed by atoms with Crippen LogP contribution in [0.25, 0.3) is 0 Å². The molecule has 8 nitrogen and oxygen atoms in total. The summed E-state index contributed by atoms with van der Waals surface area (Å²) in [7, 11) is 0. The van der Waals surface area contributed by atoms with Crippen molar-refractivity contribution in [3.63, 3.8) is 0 Å². The maximum atomic E-state index is 10.6. The molecule has 0 amide bonds. The van der Waals surface area contributed by atoms with Gasteiger partial charge in [-0.1, -0.05) is 0 Å². The van der Waals surface area contributed by atoms with E-state index in [-0.39, 0.29) is 17.9 Å². The molecule has 21 heavy (non-hydrogen) atoms. The summed E-state index contributed by atoms with van der Waals surface area (Å²) in [4.78, 5) is 10.1. The number of hydrogen-bond donors (Lipinski definition) is 2. The maximum Gasteiger partial charge on any atom is 0.269 e. The van der Waals surface area contributed by atoms with Gasteiger partial charge in [0.1, 0.15) is 12.7 Å². The van der Waals surface area contributed by atoms with Gasteiger partial charge in [-0.2, -0.15) is 0 Å². The van der Waals surface area contributed by atoms with Crippen LogP contribution in [0, 0.1) is 10.1 Å². The van der Waals surface area contributed by atoms with E-state index in [9.17, 15) is 20.3 Å². The second kappa shape index (κ2) is 6.46. The first-order valence-electron chi connectivity index (χ1n) is 6.46. The molecule has 2 atom stereocenters. The lowest BCUT2D eigenvalue weighted by Crippen LogP contribution is -2.42. The van der Waals surface area contributed by atoms with Crippen LogP contribution in [0.5, 0.6) is 0 Å². The van der Waals surface area contributed by atoms with E-state index in [0.717, 1.165) is 0 Å². The minimum absolute atomic E-state index is 0.0710. The van der Waals surface area contributed by atoms with Gasteiger partial charge in [-0.25, -0.2) is 0 Å². The zero-order chi connectivity index (χ0) is 15.5. The van der Waals surface area contributed by atoms with Gasteiger partial charge in [0.2, 0.25) is 5.79 Å². The highest BCUT2D eigenvalue weighted by Gasteiger charge is 2.37. The van der Waals surface area contributed by atoms with Gasteiger partial charge in [0.15, 0.2) is 6.29 Å². The van der Waals surface area contributed by atoms with Crippen LogP contribution in [0.1, 0.15) is 12.5 Å². The molecule has 2 rings (SSSR count). The molecular formula is C13H17NO7. The molecule has 1 aliphatic rings. The van der Waals surface area contributed by atoms with Gasteiger partial charge in [0.05, 0.1) is 18.1 Å². The lowest BCUT2D eigenvalue weighted by atomic mass is 10.0. The van der Waals surface area contributed by atoms with Gasteiger partial charge in [0.25, 0.3) is 5.69 Å². The molecule has 0 spiro atoms. The fourth-order valence-corrected chi connectivity index (χ4v) is 1.97. The number of nitrogens with zero attached hydrogens (tertiary/aromatic N) is 1. The van der Waals surface area contributed by atoms with Crippen LogP contribution in [-0.2, 0) is 20.0 Å². The fraction of sp³-hybridized carbons (Fsp3) is 0.538. The summed E-state index contributed by atoms with van der Waals surface area (Å²) in [5, 5.41) is 30.9. The molecule has 1 heterocycles. The quantitative estimate of drug-likeness (QED) is 0.447. The average molecular weight is 299 g/mol. The Labute approximate surface area is 121 Å².